The zero-order chi connectivity index (χ0) is 15.0. The van der Waals surface area contributed by atoms with E-state index < -0.39 is 5.60 Å². The van der Waals surface area contributed by atoms with E-state index >= 15 is 0 Å². The van der Waals surface area contributed by atoms with Crippen LogP contribution in [-0.4, -0.2) is 42.4 Å². The van der Waals surface area contributed by atoms with Crippen LogP contribution in [0.25, 0.3) is 0 Å². The van der Waals surface area contributed by atoms with Crippen LogP contribution in [0, 0.1) is 0 Å². The Kier molecular flexibility index (Phi) is 7.41. The van der Waals surface area contributed by atoms with Gasteiger partial charge in [0.2, 0.25) is 0 Å². The Morgan fingerprint density at radius 1 is 1.35 bits per heavy atom. The van der Waals surface area contributed by atoms with Crippen molar-refractivity contribution in [3.8, 4) is 5.75 Å². The van der Waals surface area contributed by atoms with Crippen LogP contribution < -0.4 is 10.1 Å². The van der Waals surface area contributed by atoms with Gasteiger partial charge in [-0.25, -0.2) is 0 Å². The third-order valence-corrected chi connectivity index (χ3v) is 4.22. The summed E-state index contributed by atoms with van der Waals surface area (Å²) in [5, 5.41) is 13.5. The van der Waals surface area contributed by atoms with Gasteiger partial charge in [0.05, 0.1) is 12.7 Å². The van der Waals surface area contributed by atoms with Gasteiger partial charge < -0.3 is 15.2 Å². The van der Waals surface area contributed by atoms with Gasteiger partial charge in [0.25, 0.3) is 0 Å². The van der Waals surface area contributed by atoms with Gasteiger partial charge in [-0.1, -0.05) is 12.1 Å². The zero-order valence-electron chi connectivity index (χ0n) is 13.0. The van der Waals surface area contributed by atoms with Gasteiger partial charge in [-0.15, -0.1) is 0 Å². The number of nitrogens with one attached hydrogen (secondary N) is 1. The van der Waals surface area contributed by atoms with Crippen LogP contribution in [0.2, 0.25) is 0 Å². The number of aryl methyl sites for hydroxylation is 1. The van der Waals surface area contributed by atoms with Gasteiger partial charge in [-0.3, -0.25) is 0 Å². The summed E-state index contributed by atoms with van der Waals surface area (Å²) in [7, 11) is 1.68. The highest BCUT2D eigenvalue weighted by Gasteiger charge is 2.19. The molecule has 0 heterocycles. The van der Waals surface area contributed by atoms with Gasteiger partial charge in [0, 0.05) is 18.3 Å². The lowest BCUT2D eigenvalue weighted by molar-refractivity contribution is 0.0817. The van der Waals surface area contributed by atoms with E-state index in [1.165, 1.54) is 5.56 Å². The lowest BCUT2D eigenvalue weighted by Crippen LogP contribution is -2.43. The Bertz CT molecular complexity index is 379. The van der Waals surface area contributed by atoms with Crippen LogP contribution in [-0.2, 0) is 6.42 Å². The second-order valence-electron chi connectivity index (χ2n) is 5.60. The van der Waals surface area contributed by atoms with Crippen molar-refractivity contribution < 1.29 is 9.84 Å². The van der Waals surface area contributed by atoms with Crippen molar-refractivity contribution >= 4 is 11.8 Å². The highest BCUT2D eigenvalue weighted by atomic mass is 32.2. The predicted molar refractivity (Wildman–Crippen MR) is 87.8 cm³/mol. The molecule has 4 heteroatoms. The van der Waals surface area contributed by atoms with Crippen molar-refractivity contribution in [1.82, 2.24) is 5.32 Å². The van der Waals surface area contributed by atoms with Crippen molar-refractivity contribution in [2.45, 2.75) is 38.3 Å². The van der Waals surface area contributed by atoms with Crippen molar-refractivity contribution in [3.05, 3.63) is 29.8 Å². The van der Waals surface area contributed by atoms with E-state index in [0.717, 1.165) is 24.3 Å². The van der Waals surface area contributed by atoms with Crippen LogP contribution >= 0.6 is 11.8 Å². The number of rotatable bonds is 9. The second kappa shape index (κ2) is 8.55. The summed E-state index contributed by atoms with van der Waals surface area (Å²) in [6.45, 7) is 4.68. The summed E-state index contributed by atoms with van der Waals surface area (Å²) >= 11 is 1.67. The fraction of sp³-hybridized carbons (Fsp3) is 0.625. The van der Waals surface area contributed by atoms with Crippen LogP contribution in [0.3, 0.4) is 0 Å². The number of ether oxygens (including phenoxy) is 1. The van der Waals surface area contributed by atoms with Crippen molar-refractivity contribution in [1.29, 1.82) is 0 Å². The van der Waals surface area contributed by atoms with Crippen molar-refractivity contribution in [2.75, 3.05) is 25.7 Å². The Hall–Kier alpha value is -0.710. The summed E-state index contributed by atoms with van der Waals surface area (Å²) in [5.74, 6) is 1.65. The van der Waals surface area contributed by atoms with E-state index in [4.69, 9.17) is 4.74 Å². The number of hydrogen-bond acceptors (Lipinski definition) is 4. The third-order valence-electron chi connectivity index (χ3n) is 3.31. The first-order chi connectivity index (χ1) is 9.46. The third kappa shape index (κ3) is 6.64. The molecule has 0 saturated heterocycles. The molecule has 0 aliphatic carbocycles. The lowest BCUT2D eigenvalue weighted by Gasteiger charge is -2.25. The largest absolute Gasteiger partial charge is 0.497 e. The summed E-state index contributed by atoms with van der Waals surface area (Å²) in [6, 6.07) is 8.60. The highest BCUT2D eigenvalue weighted by molar-refractivity contribution is 7.98. The van der Waals surface area contributed by atoms with Crippen LogP contribution in [0.15, 0.2) is 24.3 Å². The molecule has 3 nitrogen and oxygen atoms in total. The van der Waals surface area contributed by atoms with Crippen LogP contribution in [0.4, 0.5) is 0 Å². The molecule has 1 aromatic rings. The summed E-state index contributed by atoms with van der Waals surface area (Å²) in [6.07, 6.45) is 4.10. The first-order valence-corrected chi connectivity index (χ1v) is 8.44. The molecule has 0 aliphatic rings. The molecule has 0 saturated carbocycles. The maximum atomic E-state index is 10.1. The molecule has 0 bridgehead atoms. The smallest absolute Gasteiger partial charge is 0.118 e. The molecular weight excluding hydrogens is 270 g/mol. The van der Waals surface area contributed by atoms with Crippen LogP contribution in [0.1, 0.15) is 25.8 Å². The minimum Gasteiger partial charge on any atom is -0.497 e. The molecule has 20 heavy (non-hydrogen) atoms. The normalized spacial score (nSPS) is 15.7. The van der Waals surface area contributed by atoms with E-state index in [-0.39, 0.29) is 0 Å². The average molecular weight is 297 g/mol. The maximum absolute atomic E-state index is 10.1. The Morgan fingerprint density at radius 2 is 2.00 bits per heavy atom. The number of methoxy groups -OCH3 is 1. The number of aliphatic hydroxyl groups is 1. The summed E-state index contributed by atoms with van der Waals surface area (Å²) in [5.41, 5.74) is 0.684. The Labute approximate surface area is 127 Å². The topological polar surface area (TPSA) is 41.5 Å². The quantitative estimate of drug-likeness (QED) is 0.735. The second-order valence-corrected chi connectivity index (χ2v) is 6.46. The van der Waals surface area contributed by atoms with Gasteiger partial charge in [-0.05, 0) is 50.6 Å². The van der Waals surface area contributed by atoms with Gasteiger partial charge in [-0.2, -0.15) is 11.8 Å². The number of benzene rings is 1. The molecule has 0 radical (unpaired) electrons. The summed E-state index contributed by atoms with van der Waals surface area (Å²) < 4.78 is 5.15. The van der Waals surface area contributed by atoms with Crippen molar-refractivity contribution in [3.63, 3.8) is 0 Å². The molecule has 0 aromatic heterocycles. The van der Waals surface area contributed by atoms with E-state index in [0.29, 0.717) is 12.6 Å². The van der Waals surface area contributed by atoms with E-state index in [9.17, 15) is 5.11 Å². The van der Waals surface area contributed by atoms with E-state index in [2.05, 4.69) is 24.4 Å². The fourth-order valence-corrected chi connectivity index (χ4v) is 2.76. The molecule has 0 aliphatic heterocycles. The average Bonchev–Trinajstić information content (AvgIpc) is 2.43. The van der Waals surface area contributed by atoms with Gasteiger partial charge >= 0.3 is 0 Å². The van der Waals surface area contributed by atoms with E-state index in [1.54, 1.807) is 18.9 Å². The van der Waals surface area contributed by atoms with Crippen molar-refractivity contribution in [2.24, 2.45) is 0 Å². The monoisotopic (exact) mass is 297 g/mol. The molecule has 0 spiro atoms. The molecule has 114 valence electrons. The minimum atomic E-state index is -0.631. The first-order valence-electron chi connectivity index (χ1n) is 7.04. The lowest BCUT2D eigenvalue weighted by atomic mass is 10.0. The molecule has 0 fully saturated rings. The predicted octanol–water partition coefficient (Wildman–Crippen LogP) is 2.72. The first kappa shape index (κ1) is 17.3. The maximum Gasteiger partial charge on any atom is 0.118 e. The molecule has 2 atom stereocenters. The molecular formula is C16H27NO2S. The molecule has 2 unspecified atom stereocenters. The standard InChI is InChI=1S/C16H27NO2S/c1-13(17-11-16(2,18)12-20-4)5-6-14-7-9-15(19-3)10-8-14/h7-10,13,17-18H,5-6,11-12H2,1-4H3. The Morgan fingerprint density at radius 3 is 2.55 bits per heavy atom. The minimum absolute atomic E-state index is 0.394. The Balaban J connectivity index is 2.30. The zero-order valence-corrected chi connectivity index (χ0v) is 13.8. The molecule has 1 rings (SSSR count). The molecule has 2 N–H and O–H groups in total. The number of thioether (sulfide) groups is 1. The van der Waals surface area contributed by atoms with Gasteiger partial charge in [0.1, 0.15) is 5.75 Å². The number of hydrogen-bond donors (Lipinski definition) is 2. The summed E-state index contributed by atoms with van der Waals surface area (Å²) in [4.78, 5) is 0. The highest BCUT2D eigenvalue weighted by Crippen LogP contribution is 2.14. The van der Waals surface area contributed by atoms with E-state index in [1.807, 2.05) is 25.3 Å². The van der Waals surface area contributed by atoms with Gasteiger partial charge in [0.15, 0.2) is 0 Å². The fourth-order valence-electron chi connectivity index (χ4n) is 2.03. The molecule has 1 aromatic carbocycles. The molecule has 0 amide bonds. The SMILES string of the molecule is COc1ccc(CCC(C)NCC(C)(O)CSC)cc1. The van der Waals surface area contributed by atoms with Crippen LogP contribution in [0.5, 0.6) is 5.75 Å².